The Kier molecular flexibility index (Phi) is 4.30. The van der Waals surface area contributed by atoms with E-state index in [0.717, 1.165) is 32.0 Å². The van der Waals surface area contributed by atoms with E-state index in [1.165, 1.54) is 0 Å². The lowest BCUT2D eigenvalue weighted by atomic mass is 9.90. The molecule has 2 nitrogen and oxygen atoms in total. The molecule has 0 aliphatic carbocycles. The highest BCUT2D eigenvalue weighted by atomic mass is 19.2. The first kappa shape index (κ1) is 13.4. The molecule has 0 spiro atoms. The molecule has 1 aliphatic heterocycles. The van der Waals surface area contributed by atoms with Crippen molar-refractivity contribution in [2.45, 2.75) is 32.4 Å². The average molecular weight is 254 g/mol. The van der Waals surface area contributed by atoms with Gasteiger partial charge in [0.25, 0.3) is 0 Å². The van der Waals surface area contributed by atoms with Crippen LogP contribution < -0.4 is 5.73 Å². The van der Waals surface area contributed by atoms with Crippen molar-refractivity contribution < 1.29 is 8.78 Å². The second-order valence-electron chi connectivity index (χ2n) is 5.07. The van der Waals surface area contributed by atoms with Crippen LogP contribution in [0.25, 0.3) is 0 Å². The van der Waals surface area contributed by atoms with Crippen LogP contribution >= 0.6 is 0 Å². The lowest BCUT2D eigenvalue weighted by Gasteiger charge is -2.36. The Balaban J connectivity index is 2.03. The summed E-state index contributed by atoms with van der Waals surface area (Å²) in [5.41, 5.74) is 6.47. The molecule has 0 radical (unpaired) electrons. The fourth-order valence-corrected chi connectivity index (χ4v) is 2.61. The number of nitrogens with zero attached hydrogens (tertiary/aromatic N) is 1. The maximum Gasteiger partial charge on any atom is 0.163 e. The highest BCUT2D eigenvalue weighted by Crippen LogP contribution is 2.21. The van der Waals surface area contributed by atoms with Gasteiger partial charge in [-0.15, -0.1) is 0 Å². The molecule has 100 valence electrons. The van der Waals surface area contributed by atoms with Gasteiger partial charge in [0.15, 0.2) is 11.6 Å². The fourth-order valence-electron chi connectivity index (χ4n) is 2.61. The summed E-state index contributed by atoms with van der Waals surface area (Å²) in [6, 6.07) is 4.60. The monoisotopic (exact) mass is 254 g/mol. The van der Waals surface area contributed by atoms with Crippen LogP contribution in [0.5, 0.6) is 0 Å². The molecule has 0 amide bonds. The van der Waals surface area contributed by atoms with Crippen molar-refractivity contribution in [2.24, 2.45) is 11.7 Å². The van der Waals surface area contributed by atoms with E-state index in [9.17, 15) is 8.78 Å². The number of benzene rings is 1. The summed E-state index contributed by atoms with van der Waals surface area (Å²) in [6.45, 7) is 4.31. The number of nitrogens with two attached hydrogens (primary N) is 1. The van der Waals surface area contributed by atoms with Crippen LogP contribution in [0, 0.1) is 17.6 Å². The molecule has 0 bridgehead atoms. The molecule has 1 heterocycles. The van der Waals surface area contributed by atoms with Gasteiger partial charge in [-0.1, -0.05) is 25.5 Å². The van der Waals surface area contributed by atoms with E-state index in [-0.39, 0.29) is 6.04 Å². The van der Waals surface area contributed by atoms with Crippen molar-refractivity contribution in [3.05, 3.63) is 35.4 Å². The first-order chi connectivity index (χ1) is 8.61. The van der Waals surface area contributed by atoms with Gasteiger partial charge in [-0.3, -0.25) is 4.90 Å². The number of hydrogen-bond donors (Lipinski definition) is 1. The Labute approximate surface area is 107 Å². The highest BCUT2D eigenvalue weighted by Gasteiger charge is 2.25. The third-order valence-electron chi connectivity index (χ3n) is 3.83. The first-order valence-corrected chi connectivity index (χ1v) is 6.52. The maximum absolute atomic E-state index is 13.6. The van der Waals surface area contributed by atoms with Gasteiger partial charge in [0.05, 0.1) is 0 Å². The molecule has 0 aromatic heterocycles. The Bertz CT molecular complexity index is 409. The molecule has 0 saturated carbocycles. The molecule has 2 N–H and O–H groups in total. The van der Waals surface area contributed by atoms with Gasteiger partial charge in [0.2, 0.25) is 0 Å². The van der Waals surface area contributed by atoms with Crippen LogP contribution in [0.2, 0.25) is 0 Å². The third-order valence-corrected chi connectivity index (χ3v) is 3.83. The van der Waals surface area contributed by atoms with Crippen molar-refractivity contribution in [1.82, 2.24) is 4.90 Å². The minimum atomic E-state index is -0.770. The molecule has 2 unspecified atom stereocenters. The zero-order valence-electron chi connectivity index (χ0n) is 10.7. The lowest BCUT2D eigenvalue weighted by Crippen LogP contribution is -2.46. The van der Waals surface area contributed by atoms with Gasteiger partial charge in [-0.25, -0.2) is 8.78 Å². The van der Waals surface area contributed by atoms with E-state index in [1.54, 1.807) is 12.1 Å². The molecule has 1 saturated heterocycles. The summed E-state index contributed by atoms with van der Waals surface area (Å²) in [6.07, 6.45) is 1.96. The van der Waals surface area contributed by atoms with E-state index in [1.807, 2.05) is 0 Å². The van der Waals surface area contributed by atoms with E-state index in [2.05, 4.69) is 11.8 Å². The third kappa shape index (κ3) is 2.87. The first-order valence-electron chi connectivity index (χ1n) is 6.52. The van der Waals surface area contributed by atoms with Crippen molar-refractivity contribution in [2.75, 3.05) is 13.1 Å². The maximum atomic E-state index is 13.6. The van der Waals surface area contributed by atoms with Crippen molar-refractivity contribution in [3.8, 4) is 0 Å². The predicted octanol–water partition coefficient (Wildman–Crippen LogP) is 2.52. The van der Waals surface area contributed by atoms with E-state index in [4.69, 9.17) is 5.73 Å². The largest absolute Gasteiger partial charge is 0.327 e. The van der Waals surface area contributed by atoms with Gasteiger partial charge < -0.3 is 5.73 Å². The molecule has 18 heavy (non-hydrogen) atoms. The standard InChI is InChI=1S/C14H20F2N2/c1-2-10-8-18(7-6-13(10)17)9-11-4-3-5-12(15)14(11)16/h3-5,10,13H,2,6-9,17H2,1H3. The summed E-state index contributed by atoms with van der Waals surface area (Å²) >= 11 is 0. The predicted molar refractivity (Wildman–Crippen MR) is 68.0 cm³/mol. The molecule has 2 rings (SSSR count). The van der Waals surface area contributed by atoms with Crippen LogP contribution in [-0.2, 0) is 6.54 Å². The topological polar surface area (TPSA) is 29.3 Å². The quantitative estimate of drug-likeness (QED) is 0.898. The van der Waals surface area contributed by atoms with Crippen LogP contribution in [-0.4, -0.2) is 24.0 Å². The number of halogens is 2. The molecule has 1 aliphatic rings. The lowest BCUT2D eigenvalue weighted by molar-refractivity contribution is 0.144. The molecule has 4 heteroatoms. The van der Waals surface area contributed by atoms with Gasteiger partial charge in [0, 0.05) is 24.7 Å². The van der Waals surface area contributed by atoms with E-state index in [0.29, 0.717) is 18.0 Å². The van der Waals surface area contributed by atoms with Crippen LogP contribution in [0.3, 0.4) is 0 Å². The summed E-state index contributed by atoms with van der Waals surface area (Å²) < 4.78 is 26.7. The Hall–Kier alpha value is -1.00. The Morgan fingerprint density at radius 2 is 2.17 bits per heavy atom. The summed E-state index contributed by atoms with van der Waals surface area (Å²) in [5, 5.41) is 0. The van der Waals surface area contributed by atoms with Crippen LogP contribution in [0.4, 0.5) is 8.78 Å². The van der Waals surface area contributed by atoms with Crippen molar-refractivity contribution in [1.29, 1.82) is 0 Å². The molecule has 1 aromatic carbocycles. The number of likely N-dealkylation sites (tertiary alicyclic amines) is 1. The molecule has 2 atom stereocenters. The zero-order valence-corrected chi connectivity index (χ0v) is 10.7. The van der Waals surface area contributed by atoms with Gasteiger partial charge in [0.1, 0.15) is 0 Å². The number of hydrogen-bond acceptors (Lipinski definition) is 2. The minimum absolute atomic E-state index is 0.239. The Morgan fingerprint density at radius 1 is 1.39 bits per heavy atom. The van der Waals surface area contributed by atoms with Crippen molar-refractivity contribution >= 4 is 0 Å². The summed E-state index contributed by atoms with van der Waals surface area (Å²) in [5.74, 6) is -1.04. The smallest absolute Gasteiger partial charge is 0.163 e. The van der Waals surface area contributed by atoms with Gasteiger partial charge in [-0.2, -0.15) is 0 Å². The summed E-state index contributed by atoms with van der Waals surface area (Å²) in [4.78, 5) is 2.16. The molecule has 1 aromatic rings. The molecule has 1 fully saturated rings. The zero-order chi connectivity index (χ0) is 13.1. The van der Waals surface area contributed by atoms with E-state index < -0.39 is 11.6 Å². The Morgan fingerprint density at radius 3 is 2.89 bits per heavy atom. The second kappa shape index (κ2) is 5.76. The molecular weight excluding hydrogens is 234 g/mol. The van der Waals surface area contributed by atoms with Crippen LogP contribution in [0.1, 0.15) is 25.3 Å². The van der Waals surface area contributed by atoms with Crippen molar-refractivity contribution in [3.63, 3.8) is 0 Å². The summed E-state index contributed by atoms with van der Waals surface area (Å²) in [7, 11) is 0. The van der Waals surface area contributed by atoms with E-state index >= 15 is 0 Å². The highest BCUT2D eigenvalue weighted by molar-refractivity contribution is 5.18. The molecular formula is C14H20F2N2. The minimum Gasteiger partial charge on any atom is -0.327 e. The number of piperidine rings is 1. The van der Waals surface area contributed by atoms with Gasteiger partial charge >= 0.3 is 0 Å². The van der Waals surface area contributed by atoms with Crippen LogP contribution in [0.15, 0.2) is 18.2 Å². The normalized spacial score (nSPS) is 25.3. The number of rotatable bonds is 3. The van der Waals surface area contributed by atoms with Gasteiger partial charge in [-0.05, 0) is 24.9 Å². The second-order valence-corrected chi connectivity index (χ2v) is 5.07. The SMILES string of the molecule is CCC1CN(Cc2cccc(F)c2F)CCC1N. The average Bonchev–Trinajstić information content (AvgIpc) is 2.37. The fraction of sp³-hybridized carbons (Fsp3) is 0.571.